The fourth-order valence-electron chi connectivity index (χ4n) is 1.91. The molecule has 0 fully saturated rings. The van der Waals surface area contributed by atoms with Gasteiger partial charge >= 0.3 is 23.1 Å². The minimum absolute atomic E-state index is 0. The molecule has 0 N–H and O–H groups in total. The molecule has 6 nitrogen and oxygen atoms in total. The minimum atomic E-state index is 0. The number of fused-ring (bicyclic) bond motifs is 2. The standard InChI is InChI=1S/C8H8ClN3.C6H3Cl2N3.C2H5.ClH.Mg/c1-2-6-3-4-8-10-7(9)5-12(8)11-6;7-4-1-2-6-9-5(8)3-11(6)10-4;1-2;;/h3-5H,2H2,1H3;1-3H;1H2,2H3;1H;/q;;-1;;+2/p-1. The van der Waals surface area contributed by atoms with Crippen molar-refractivity contribution in [1.82, 2.24) is 29.2 Å². The molecule has 0 bridgehead atoms. The molecule has 0 unspecified atom stereocenters. The maximum atomic E-state index is 5.71. The number of halogens is 4. The van der Waals surface area contributed by atoms with E-state index in [-0.39, 0.29) is 35.5 Å². The van der Waals surface area contributed by atoms with Crippen LogP contribution in [0.15, 0.2) is 36.7 Å². The summed E-state index contributed by atoms with van der Waals surface area (Å²) in [6.07, 6.45) is 4.23. The van der Waals surface area contributed by atoms with Crippen molar-refractivity contribution in [2.45, 2.75) is 20.3 Å². The van der Waals surface area contributed by atoms with Gasteiger partial charge < -0.3 is 19.3 Å². The zero-order valence-electron chi connectivity index (χ0n) is 14.8. The van der Waals surface area contributed by atoms with Crippen molar-refractivity contribution in [2.24, 2.45) is 0 Å². The van der Waals surface area contributed by atoms with Gasteiger partial charge in [-0.3, -0.25) is 0 Å². The largest absolute Gasteiger partial charge is 2.00 e. The smallest absolute Gasteiger partial charge is 1.00 e. The molecular formula is C16H16Cl4MgN6. The molecule has 140 valence electrons. The molecule has 27 heavy (non-hydrogen) atoms. The Labute approximate surface area is 194 Å². The van der Waals surface area contributed by atoms with E-state index >= 15 is 0 Å². The predicted octanol–water partition coefficient (Wildman–Crippen LogP) is 1.44. The molecule has 4 aromatic rings. The van der Waals surface area contributed by atoms with Crippen molar-refractivity contribution in [1.29, 1.82) is 0 Å². The van der Waals surface area contributed by atoms with Crippen molar-refractivity contribution in [3.8, 4) is 0 Å². The molecule has 0 aliphatic rings. The van der Waals surface area contributed by atoms with Gasteiger partial charge in [0.15, 0.2) is 11.3 Å². The van der Waals surface area contributed by atoms with Gasteiger partial charge in [0, 0.05) is 0 Å². The summed E-state index contributed by atoms with van der Waals surface area (Å²) in [7, 11) is 0. The van der Waals surface area contributed by atoms with Gasteiger partial charge in [0.2, 0.25) is 0 Å². The minimum Gasteiger partial charge on any atom is -1.00 e. The summed E-state index contributed by atoms with van der Waals surface area (Å²) in [5, 5.41) is 9.54. The SMILES string of the molecule is CCc1ccc2nc(Cl)cn2n1.Clc1cn2nc(Cl)ccc2n1.[CH2-]C.[Cl-].[Mg+2]. The summed E-state index contributed by atoms with van der Waals surface area (Å²) >= 11 is 17.0. The van der Waals surface area contributed by atoms with E-state index in [9.17, 15) is 0 Å². The summed E-state index contributed by atoms with van der Waals surface area (Å²) in [6, 6.07) is 7.29. The number of hydrogen-bond donors (Lipinski definition) is 0. The van der Waals surface area contributed by atoms with Gasteiger partial charge in [-0.05, 0) is 30.7 Å². The number of hydrogen-bond acceptors (Lipinski definition) is 4. The molecule has 0 spiro atoms. The molecule has 0 saturated heterocycles. The van der Waals surface area contributed by atoms with Crippen LogP contribution in [-0.4, -0.2) is 52.2 Å². The third-order valence-electron chi connectivity index (χ3n) is 2.97. The first-order valence-electron chi connectivity index (χ1n) is 7.44. The van der Waals surface area contributed by atoms with E-state index in [4.69, 9.17) is 34.8 Å². The fourth-order valence-corrected chi connectivity index (χ4v) is 2.41. The summed E-state index contributed by atoms with van der Waals surface area (Å²) in [5.41, 5.74) is 2.52. The molecule has 0 aliphatic heterocycles. The third kappa shape index (κ3) is 7.25. The van der Waals surface area contributed by atoms with E-state index < -0.39 is 0 Å². The molecule has 0 amide bonds. The van der Waals surface area contributed by atoms with Crippen molar-refractivity contribution in [3.63, 3.8) is 0 Å². The van der Waals surface area contributed by atoms with E-state index in [2.05, 4.69) is 34.0 Å². The van der Waals surface area contributed by atoms with Crippen LogP contribution in [0.2, 0.25) is 15.5 Å². The number of rotatable bonds is 1. The van der Waals surface area contributed by atoms with E-state index in [1.807, 2.05) is 12.1 Å². The first kappa shape index (κ1) is 26.2. The van der Waals surface area contributed by atoms with Crippen LogP contribution in [0.4, 0.5) is 0 Å². The molecule has 4 heterocycles. The van der Waals surface area contributed by atoms with Crippen molar-refractivity contribution in [2.75, 3.05) is 0 Å². The van der Waals surface area contributed by atoms with E-state index in [1.165, 1.54) is 4.52 Å². The van der Waals surface area contributed by atoms with Crippen molar-refractivity contribution in [3.05, 3.63) is 64.7 Å². The molecule has 0 radical (unpaired) electrons. The van der Waals surface area contributed by atoms with Crippen LogP contribution in [0.1, 0.15) is 19.5 Å². The molecule has 11 heteroatoms. The van der Waals surface area contributed by atoms with E-state index in [0.717, 1.165) is 17.8 Å². The Hall–Kier alpha value is -0.834. The molecule has 0 atom stereocenters. The summed E-state index contributed by atoms with van der Waals surface area (Å²) < 4.78 is 3.23. The monoisotopic (exact) mass is 456 g/mol. The molecule has 0 aliphatic carbocycles. The summed E-state index contributed by atoms with van der Waals surface area (Å²) in [4.78, 5) is 8.02. The number of aromatic nitrogens is 6. The second-order valence-electron chi connectivity index (χ2n) is 4.57. The van der Waals surface area contributed by atoms with Crippen LogP contribution in [0.25, 0.3) is 11.3 Å². The quantitative estimate of drug-likeness (QED) is 0.320. The number of imidazole rings is 2. The Morgan fingerprint density at radius 1 is 0.815 bits per heavy atom. The Balaban J connectivity index is 0.000000431. The molecule has 0 saturated carbocycles. The topological polar surface area (TPSA) is 60.4 Å². The molecule has 4 rings (SSSR count). The van der Waals surface area contributed by atoms with Crippen molar-refractivity contribution >= 4 is 69.1 Å². The summed E-state index contributed by atoms with van der Waals surface area (Å²) in [5.74, 6) is 0. The first-order valence-corrected chi connectivity index (χ1v) is 8.57. The number of aryl methyl sites for hydroxylation is 1. The van der Waals surface area contributed by atoms with Crippen LogP contribution >= 0.6 is 34.8 Å². The third-order valence-corrected chi connectivity index (χ3v) is 3.53. The number of nitrogens with zero attached hydrogens (tertiary/aromatic N) is 6. The van der Waals surface area contributed by atoms with Gasteiger partial charge in [-0.2, -0.15) is 17.1 Å². The molecule has 4 aromatic heterocycles. The van der Waals surface area contributed by atoms with E-state index in [0.29, 0.717) is 21.1 Å². The summed E-state index contributed by atoms with van der Waals surface area (Å²) in [6.45, 7) is 7.06. The van der Waals surface area contributed by atoms with Gasteiger partial charge in [0.1, 0.15) is 15.5 Å². The molecular weight excluding hydrogens is 442 g/mol. The average Bonchev–Trinajstić information content (AvgIpc) is 3.16. The van der Waals surface area contributed by atoms with E-state index in [1.54, 1.807) is 36.0 Å². The van der Waals surface area contributed by atoms with Gasteiger partial charge in [-0.25, -0.2) is 19.0 Å². The second kappa shape index (κ2) is 12.6. The van der Waals surface area contributed by atoms with Gasteiger partial charge in [-0.1, -0.05) is 41.7 Å². The Bertz CT molecular complexity index is 972. The zero-order chi connectivity index (χ0) is 18.4. The van der Waals surface area contributed by atoms with Crippen LogP contribution < -0.4 is 12.4 Å². The van der Waals surface area contributed by atoms with Crippen LogP contribution in [0, 0.1) is 6.92 Å². The normalized spacial score (nSPS) is 9.41. The van der Waals surface area contributed by atoms with Crippen molar-refractivity contribution < 1.29 is 12.4 Å². The first-order chi connectivity index (χ1) is 12.0. The Morgan fingerprint density at radius 2 is 1.30 bits per heavy atom. The maximum Gasteiger partial charge on any atom is 2.00 e. The Kier molecular flexibility index (Phi) is 12.2. The second-order valence-corrected chi connectivity index (χ2v) is 5.73. The molecule has 0 aromatic carbocycles. The van der Waals surface area contributed by atoms with Crippen LogP contribution in [0.5, 0.6) is 0 Å². The van der Waals surface area contributed by atoms with Gasteiger partial charge in [0.25, 0.3) is 0 Å². The van der Waals surface area contributed by atoms with Crippen LogP contribution in [-0.2, 0) is 6.42 Å². The Morgan fingerprint density at radius 3 is 1.81 bits per heavy atom. The van der Waals surface area contributed by atoms with Gasteiger partial charge in [0.05, 0.1) is 18.1 Å². The van der Waals surface area contributed by atoms with Crippen LogP contribution in [0.3, 0.4) is 0 Å². The van der Waals surface area contributed by atoms with Gasteiger partial charge in [-0.15, -0.1) is 0 Å². The maximum absolute atomic E-state index is 5.71. The fraction of sp³-hybridized carbons (Fsp3) is 0.188. The average molecular weight is 458 g/mol. The predicted molar refractivity (Wildman–Crippen MR) is 107 cm³/mol. The zero-order valence-corrected chi connectivity index (χ0v) is 19.2.